The van der Waals surface area contributed by atoms with Crippen molar-refractivity contribution in [1.82, 2.24) is 14.9 Å². The molecule has 3 fully saturated rings. The number of nitrogens with zero attached hydrogens (tertiary/aromatic N) is 1. The summed E-state index contributed by atoms with van der Waals surface area (Å²) in [4.78, 5) is 2.55. The minimum Gasteiger partial charge on any atom is -0.316 e. The molecule has 0 aromatic heterocycles. The quantitative estimate of drug-likeness (QED) is 0.704. The van der Waals surface area contributed by atoms with Gasteiger partial charge in [-0.2, -0.15) is 0 Å². The fourth-order valence-corrected chi connectivity index (χ4v) is 6.29. The lowest BCUT2D eigenvalue weighted by atomic mass is 9.73. The predicted octanol–water partition coefficient (Wildman–Crippen LogP) is 3.06. The molecule has 0 spiro atoms. The van der Waals surface area contributed by atoms with E-state index in [0.29, 0.717) is 24.4 Å². The standard InChI is InChI=1S/C18H25ClFN3O2S.2ClH/c19-15-8-14(4-5-16(15)20)26(24,25)22-11-18-13-7-12(9-21-10-13)17-3-1-2-6-23(17)18;;/h4-5,8,12-13,17-18,21-22H,1-3,6-7,9-11H2;2*1H/t12-,13+,17+,18+;;/m1../s1. The highest BCUT2D eigenvalue weighted by Gasteiger charge is 2.45. The van der Waals surface area contributed by atoms with Gasteiger partial charge in [0.15, 0.2) is 0 Å². The molecule has 28 heavy (non-hydrogen) atoms. The molecule has 4 atom stereocenters. The van der Waals surface area contributed by atoms with Crippen molar-refractivity contribution in [1.29, 1.82) is 0 Å². The third-order valence-corrected chi connectivity index (χ3v) is 7.92. The fraction of sp³-hybridized carbons (Fsp3) is 0.667. The van der Waals surface area contributed by atoms with Gasteiger partial charge in [-0.25, -0.2) is 17.5 Å². The van der Waals surface area contributed by atoms with Crippen molar-refractivity contribution in [2.24, 2.45) is 11.8 Å². The van der Waals surface area contributed by atoms with Crippen molar-refractivity contribution in [2.45, 2.75) is 42.7 Å². The molecule has 3 aliphatic heterocycles. The minimum absolute atomic E-state index is 0. The van der Waals surface area contributed by atoms with Crippen LogP contribution in [0.25, 0.3) is 0 Å². The monoisotopic (exact) mass is 473 g/mol. The topological polar surface area (TPSA) is 61.4 Å². The third kappa shape index (κ3) is 4.77. The van der Waals surface area contributed by atoms with E-state index in [1.54, 1.807) is 0 Å². The van der Waals surface area contributed by atoms with Crippen LogP contribution in [0, 0.1) is 17.7 Å². The van der Waals surface area contributed by atoms with Crippen LogP contribution in [0.4, 0.5) is 4.39 Å². The highest BCUT2D eigenvalue weighted by Crippen LogP contribution is 2.38. The van der Waals surface area contributed by atoms with E-state index in [2.05, 4.69) is 14.9 Å². The van der Waals surface area contributed by atoms with E-state index < -0.39 is 15.8 Å². The lowest BCUT2D eigenvalue weighted by Crippen LogP contribution is -2.65. The molecule has 0 saturated carbocycles. The number of halogens is 4. The average molecular weight is 475 g/mol. The summed E-state index contributed by atoms with van der Waals surface area (Å²) in [6.45, 7) is 3.44. The van der Waals surface area contributed by atoms with E-state index >= 15 is 0 Å². The predicted molar refractivity (Wildman–Crippen MR) is 114 cm³/mol. The molecule has 10 heteroatoms. The summed E-state index contributed by atoms with van der Waals surface area (Å²) in [5.41, 5.74) is 0. The van der Waals surface area contributed by atoms with E-state index in [0.717, 1.165) is 25.7 Å². The summed E-state index contributed by atoms with van der Waals surface area (Å²) < 4.78 is 41.4. The van der Waals surface area contributed by atoms with E-state index in [9.17, 15) is 12.8 Å². The molecule has 0 unspecified atom stereocenters. The average Bonchev–Trinajstić information content (AvgIpc) is 2.64. The number of sulfonamides is 1. The molecule has 0 radical (unpaired) electrons. The van der Waals surface area contributed by atoms with Crippen LogP contribution in [0.1, 0.15) is 25.7 Å². The van der Waals surface area contributed by atoms with Crippen molar-refractivity contribution in [2.75, 3.05) is 26.2 Å². The Kier molecular flexibility index (Phi) is 8.42. The van der Waals surface area contributed by atoms with Gasteiger partial charge in [0.1, 0.15) is 5.82 Å². The number of hydrogen-bond acceptors (Lipinski definition) is 4. The minimum atomic E-state index is -3.71. The maximum absolute atomic E-state index is 13.3. The van der Waals surface area contributed by atoms with Crippen LogP contribution in [-0.2, 0) is 10.0 Å². The van der Waals surface area contributed by atoms with E-state index in [-0.39, 0.29) is 40.8 Å². The largest absolute Gasteiger partial charge is 0.316 e. The first-order chi connectivity index (χ1) is 12.5. The van der Waals surface area contributed by atoms with Gasteiger partial charge in [-0.05, 0) is 68.9 Å². The van der Waals surface area contributed by atoms with Gasteiger partial charge in [-0.1, -0.05) is 18.0 Å². The van der Waals surface area contributed by atoms with Crippen molar-refractivity contribution < 1.29 is 12.8 Å². The lowest BCUT2D eigenvalue weighted by Gasteiger charge is -2.55. The summed E-state index contributed by atoms with van der Waals surface area (Å²) in [6.07, 6.45) is 4.81. The molecule has 3 saturated heterocycles. The number of rotatable bonds is 4. The number of piperidine rings is 3. The van der Waals surface area contributed by atoms with Crippen LogP contribution in [0.15, 0.2) is 23.1 Å². The molecule has 1 aromatic rings. The second-order valence-corrected chi connectivity index (χ2v) is 9.88. The van der Waals surface area contributed by atoms with Gasteiger partial charge in [0.05, 0.1) is 9.92 Å². The maximum atomic E-state index is 13.3. The van der Waals surface area contributed by atoms with Gasteiger partial charge in [-0.3, -0.25) is 4.90 Å². The zero-order valence-corrected chi connectivity index (χ0v) is 18.6. The highest BCUT2D eigenvalue weighted by molar-refractivity contribution is 7.89. The number of fused-ring (bicyclic) bond motifs is 4. The molecule has 0 aliphatic carbocycles. The smallest absolute Gasteiger partial charge is 0.240 e. The van der Waals surface area contributed by atoms with E-state index in [4.69, 9.17) is 11.6 Å². The highest BCUT2D eigenvalue weighted by atomic mass is 35.5. The van der Waals surface area contributed by atoms with Gasteiger partial charge in [-0.15, -0.1) is 24.8 Å². The lowest BCUT2D eigenvalue weighted by molar-refractivity contribution is -0.0360. The Morgan fingerprint density at radius 1 is 1.21 bits per heavy atom. The summed E-state index contributed by atoms with van der Waals surface area (Å²) >= 11 is 5.75. The van der Waals surface area contributed by atoms with Crippen molar-refractivity contribution in [3.63, 3.8) is 0 Å². The Morgan fingerprint density at radius 2 is 1.96 bits per heavy atom. The molecule has 3 aliphatic rings. The van der Waals surface area contributed by atoms with Crippen LogP contribution in [-0.4, -0.2) is 51.6 Å². The molecule has 160 valence electrons. The number of nitrogens with one attached hydrogen (secondary N) is 2. The Balaban J connectivity index is 0.00000140. The van der Waals surface area contributed by atoms with E-state index in [1.165, 1.54) is 37.8 Å². The van der Waals surface area contributed by atoms with Gasteiger partial charge in [0.2, 0.25) is 10.0 Å². The first-order valence-corrected chi connectivity index (χ1v) is 11.2. The SMILES string of the molecule is Cl.Cl.O=S(=O)(NC[C@H]1[C@@H]2CNC[C@@H](C2)[C@@H]2CCCCN21)c1ccc(F)c(Cl)c1. The Morgan fingerprint density at radius 3 is 2.71 bits per heavy atom. The van der Waals surface area contributed by atoms with E-state index in [1.807, 2.05) is 0 Å². The second kappa shape index (κ2) is 9.77. The summed E-state index contributed by atoms with van der Waals surface area (Å²) in [5, 5.41) is 3.35. The second-order valence-electron chi connectivity index (χ2n) is 7.71. The van der Waals surface area contributed by atoms with Gasteiger partial charge in [0, 0.05) is 18.6 Å². The van der Waals surface area contributed by atoms with Crippen molar-refractivity contribution in [3.05, 3.63) is 29.0 Å². The first-order valence-electron chi connectivity index (χ1n) is 9.37. The van der Waals surface area contributed by atoms with Crippen molar-refractivity contribution >= 4 is 46.4 Å². The van der Waals surface area contributed by atoms with Gasteiger partial charge < -0.3 is 5.32 Å². The maximum Gasteiger partial charge on any atom is 0.240 e. The molecule has 3 heterocycles. The van der Waals surface area contributed by atoms with Crippen LogP contribution < -0.4 is 10.0 Å². The summed E-state index contributed by atoms with van der Waals surface area (Å²) in [6, 6.07) is 4.28. The number of benzene rings is 1. The Bertz CT molecular complexity index is 783. The normalized spacial score (nSPS) is 29.9. The van der Waals surface area contributed by atoms with Crippen molar-refractivity contribution in [3.8, 4) is 0 Å². The third-order valence-electron chi connectivity index (χ3n) is 6.21. The summed E-state index contributed by atoms with van der Waals surface area (Å²) in [7, 11) is -3.71. The number of hydrogen-bond donors (Lipinski definition) is 2. The van der Waals surface area contributed by atoms with Crippen LogP contribution in [0.3, 0.4) is 0 Å². The molecule has 2 bridgehead atoms. The van der Waals surface area contributed by atoms with Crippen LogP contribution in [0.2, 0.25) is 5.02 Å². The molecule has 4 rings (SSSR count). The molecule has 1 aromatic carbocycles. The van der Waals surface area contributed by atoms with Crippen LogP contribution >= 0.6 is 36.4 Å². The molecular formula is C18H27Cl3FN3O2S. The first kappa shape index (κ1) is 24.1. The zero-order valence-electron chi connectivity index (χ0n) is 15.4. The molecule has 0 amide bonds. The summed E-state index contributed by atoms with van der Waals surface area (Å²) in [5.74, 6) is 0.522. The fourth-order valence-electron chi connectivity index (χ4n) is 4.97. The Hall–Kier alpha value is -0.150. The molecule has 5 nitrogen and oxygen atoms in total. The van der Waals surface area contributed by atoms with Gasteiger partial charge >= 0.3 is 0 Å². The molecular weight excluding hydrogens is 448 g/mol. The Labute approximate surface area is 183 Å². The van der Waals surface area contributed by atoms with Crippen LogP contribution in [0.5, 0.6) is 0 Å². The molecule has 2 N–H and O–H groups in total. The van der Waals surface area contributed by atoms with Gasteiger partial charge in [0.25, 0.3) is 0 Å². The zero-order chi connectivity index (χ0) is 18.3.